The van der Waals surface area contributed by atoms with Crippen molar-refractivity contribution in [3.8, 4) is 0 Å². The second-order valence-corrected chi connectivity index (χ2v) is 9.41. The van der Waals surface area contributed by atoms with Crippen LogP contribution in [0.1, 0.15) is 12.0 Å². The average Bonchev–Trinajstić information content (AvgIpc) is 3.10. The maximum atomic E-state index is 13.2. The van der Waals surface area contributed by atoms with Crippen molar-refractivity contribution in [2.75, 3.05) is 11.9 Å². The molecule has 2 amide bonds. The Hall–Kier alpha value is -3.48. The van der Waals surface area contributed by atoms with E-state index in [4.69, 9.17) is 12.2 Å². The minimum Gasteiger partial charge on any atom is -0.326 e. The molecule has 0 aromatic heterocycles. The van der Waals surface area contributed by atoms with Crippen LogP contribution < -0.4 is 5.32 Å². The van der Waals surface area contributed by atoms with Crippen molar-refractivity contribution >= 4 is 73.4 Å². The molecule has 4 nitrogen and oxygen atoms in total. The lowest BCUT2D eigenvalue weighted by molar-refractivity contribution is -0.122. The molecule has 0 aliphatic carbocycles. The Balaban J connectivity index is 1.40. The van der Waals surface area contributed by atoms with E-state index in [1.807, 2.05) is 60.7 Å². The first-order valence-corrected chi connectivity index (χ1v) is 11.8. The van der Waals surface area contributed by atoms with E-state index in [2.05, 4.69) is 35.6 Å². The summed E-state index contributed by atoms with van der Waals surface area (Å²) >= 11 is 6.77. The van der Waals surface area contributed by atoms with Crippen LogP contribution in [0.2, 0.25) is 0 Å². The molecule has 1 fully saturated rings. The van der Waals surface area contributed by atoms with Crippen molar-refractivity contribution in [3.05, 3.63) is 95.4 Å². The number of nitrogens with one attached hydrogen (secondary N) is 1. The number of thioether (sulfide) groups is 1. The monoisotopic (exact) mass is 468 g/mol. The van der Waals surface area contributed by atoms with Crippen LogP contribution in [-0.2, 0) is 9.59 Å². The summed E-state index contributed by atoms with van der Waals surface area (Å²) in [7, 11) is 0. The lowest BCUT2D eigenvalue weighted by atomic mass is 9.96. The highest BCUT2D eigenvalue weighted by atomic mass is 32.2. The van der Waals surface area contributed by atoms with Gasteiger partial charge < -0.3 is 5.32 Å². The van der Waals surface area contributed by atoms with E-state index in [-0.39, 0.29) is 24.8 Å². The van der Waals surface area contributed by atoms with E-state index in [0.29, 0.717) is 9.23 Å². The lowest BCUT2D eigenvalue weighted by Crippen LogP contribution is -2.31. The van der Waals surface area contributed by atoms with E-state index in [1.54, 1.807) is 0 Å². The maximum absolute atomic E-state index is 13.2. The molecule has 0 unspecified atom stereocenters. The zero-order chi connectivity index (χ0) is 22.8. The van der Waals surface area contributed by atoms with Crippen LogP contribution in [-0.4, -0.2) is 27.6 Å². The summed E-state index contributed by atoms with van der Waals surface area (Å²) in [6, 6.07) is 27.8. The molecule has 0 bridgehead atoms. The zero-order valence-electron chi connectivity index (χ0n) is 17.7. The third-order valence-electron chi connectivity index (χ3n) is 5.58. The molecule has 1 N–H and O–H groups in total. The predicted molar refractivity (Wildman–Crippen MR) is 141 cm³/mol. The van der Waals surface area contributed by atoms with Crippen LogP contribution in [0, 0.1) is 0 Å². The van der Waals surface area contributed by atoms with Crippen LogP contribution in [0.4, 0.5) is 5.69 Å². The number of hydrogen-bond donors (Lipinski definition) is 1. The van der Waals surface area contributed by atoms with E-state index in [0.717, 1.165) is 32.8 Å². The van der Waals surface area contributed by atoms with Crippen LogP contribution in [0.5, 0.6) is 0 Å². The summed E-state index contributed by atoms with van der Waals surface area (Å²) in [5.41, 5.74) is 1.74. The summed E-state index contributed by atoms with van der Waals surface area (Å²) in [4.78, 5) is 27.6. The van der Waals surface area contributed by atoms with Gasteiger partial charge in [-0.3, -0.25) is 14.5 Å². The van der Waals surface area contributed by atoms with Gasteiger partial charge in [0.2, 0.25) is 5.91 Å². The van der Waals surface area contributed by atoms with Crippen LogP contribution >= 0.6 is 24.0 Å². The second-order valence-electron chi connectivity index (χ2n) is 7.73. The van der Waals surface area contributed by atoms with Gasteiger partial charge in [-0.1, -0.05) is 90.7 Å². The van der Waals surface area contributed by atoms with Gasteiger partial charge in [0.1, 0.15) is 4.32 Å². The number of rotatable bonds is 5. The fourth-order valence-corrected chi connectivity index (χ4v) is 5.28. The number of thiocarbonyl (C=S) groups is 1. The van der Waals surface area contributed by atoms with Gasteiger partial charge in [-0.2, -0.15) is 0 Å². The summed E-state index contributed by atoms with van der Waals surface area (Å²) in [6.45, 7) is 0.247. The van der Waals surface area contributed by atoms with Crippen LogP contribution in [0.25, 0.3) is 27.6 Å². The fraction of sp³-hybridized carbons (Fsp3) is 0.0741. The Morgan fingerprint density at radius 3 is 2.18 bits per heavy atom. The molecule has 1 aliphatic heterocycles. The Labute approximate surface area is 201 Å². The first-order chi connectivity index (χ1) is 16.1. The molecule has 4 aromatic rings. The topological polar surface area (TPSA) is 49.4 Å². The molecule has 0 radical (unpaired) electrons. The van der Waals surface area contributed by atoms with Gasteiger partial charge in [0.25, 0.3) is 5.91 Å². The number of carbonyl (C=O) groups is 2. The summed E-state index contributed by atoms with van der Waals surface area (Å²) in [5.74, 6) is -0.311. The molecule has 5 rings (SSSR count). The van der Waals surface area contributed by atoms with Crippen molar-refractivity contribution in [1.82, 2.24) is 4.90 Å². The highest BCUT2D eigenvalue weighted by Crippen LogP contribution is 2.36. The number of carbonyl (C=O) groups excluding carboxylic acids is 2. The number of benzene rings is 4. The van der Waals surface area contributed by atoms with Gasteiger partial charge in [-0.25, -0.2) is 0 Å². The minimum absolute atomic E-state index is 0.153. The van der Waals surface area contributed by atoms with E-state index < -0.39 is 0 Å². The number of fused-ring (bicyclic) bond motifs is 2. The zero-order valence-corrected chi connectivity index (χ0v) is 19.3. The van der Waals surface area contributed by atoms with Crippen LogP contribution in [0.15, 0.2) is 89.8 Å². The van der Waals surface area contributed by atoms with Gasteiger partial charge in [-0.05, 0) is 51.4 Å². The summed E-state index contributed by atoms with van der Waals surface area (Å²) < 4.78 is 0.475. The standard InChI is InChI=1S/C27H20N2O2S2/c30-25(28-20-10-2-1-3-11-20)14-15-29-26(31)24(33-27(29)32)17-23-21-12-6-4-8-18(21)16-19-9-5-7-13-22(19)23/h1-13,16-17H,14-15H2,(H,28,30)/b24-17-. The molecule has 0 atom stereocenters. The van der Waals surface area contributed by atoms with E-state index in [1.165, 1.54) is 16.7 Å². The lowest BCUT2D eigenvalue weighted by Gasteiger charge is -2.14. The quantitative estimate of drug-likeness (QED) is 0.215. The highest BCUT2D eigenvalue weighted by Gasteiger charge is 2.32. The average molecular weight is 469 g/mol. The molecule has 0 saturated carbocycles. The molecule has 0 spiro atoms. The van der Waals surface area contributed by atoms with Crippen molar-refractivity contribution in [2.24, 2.45) is 0 Å². The van der Waals surface area contributed by atoms with Gasteiger partial charge in [0.15, 0.2) is 0 Å². The molecule has 1 aliphatic rings. The minimum atomic E-state index is -0.158. The summed E-state index contributed by atoms with van der Waals surface area (Å²) in [5, 5.41) is 7.26. The number of anilines is 1. The highest BCUT2D eigenvalue weighted by molar-refractivity contribution is 8.26. The third kappa shape index (κ3) is 4.40. The molecule has 1 saturated heterocycles. The smallest absolute Gasteiger partial charge is 0.266 e. The molecule has 162 valence electrons. The number of para-hydroxylation sites is 1. The van der Waals surface area contributed by atoms with Gasteiger partial charge >= 0.3 is 0 Å². The molecule has 1 heterocycles. The first kappa shape index (κ1) is 21.4. The largest absolute Gasteiger partial charge is 0.326 e. The number of hydrogen-bond acceptors (Lipinski definition) is 4. The summed E-state index contributed by atoms with van der Waals surface area (Å²) in [6.07, 6.45) is 2.11. The fourth-order valence-electron chi connectivity index (χ4n) is 3.99. The Kier molecular flexibility index (Phi) is 5.94. The Morgan fingerprint density at radius 2 is 1.52 bits per heavy atom. The van der Waals surface area contributed by atoms with Crippen molar-refractivity contribution < 1.29 is 9.59 Å². The maximum Gasteiger partial charge on any atom is 0.266 e. The Bertz CT molecular complexity index is 1380. The first-order valence-electron chi connectivity index (χ1n) is 10.6. The SMILES string of the molecule is O=C(CCN1C(=O)/C(=C/c2c3ccccc3cc3ccccc23)SC1=S)Nc1ccccc1. The molecular formula is C27H20N2O2S2. The number of nitrogens with zero attached hydrogens (tertiary/aromatic N) is 1. The normalized spacial score (nSPS) is 15.0. The molecular weight excluding hydrogens is 448 g/mol. The molecule has 6 heteroatoms. The van der Waals surface area contributed by atoms with Gasteiger partial charge in [-0.15, -0.1) is 0 Å². The molecule has 33 heavy (non-hydrogen) atoms. The molecule has 4 aromatic carbocycles. The van der Waals surface area contributed by atoms with Crippen molar-refractivity contribution in [1.29, 1.82) is 0 Å². The Morgan fingerprint density at radius 1 is 0.909 bits per heavy atom. The third-order valence-corrected chi connectivity index (χ3v) is 6.96. The van der Waals surface area contributed by atoms with E-state index >= 15 is 0 Å². The van der Waals surface area contributed by atoms with Crippen molar-refractivity contribution in [3.63, 3.8) is 0 Å². The van der Waals surface area contributed by atoms with Gasteiger partial charge in [0, 0.05) is 18.7 Å². The van der Waals surface area contributed by atoms with Gasteiger partial charge in [0.05, 0.1) is 4.91 Å². The van der Waals surface area contributed by atoms with E-state index in [9.17, 15) is 9.59 Å². The predicted octanol–water partition coefficient (Wildman–Crippen LogP) is 6.22. The second kappa shape index (κ2) is 9.17. The van der Waals surface area contributed by atoms with Crippen molar-refractivity contribution in [2.45, 2.75) is 6.42 Å². The van der Waals surface area contributed by atoms with Crippen LogP contribution in [0.3, 0.4) is 0 Å². The number of amides is 2.